The highest BCUT2D eigenvalue weighted by molar-refractivity contribution is 7.19. The van der Waals surface area contributed by atoms with Gasteiger partial charge in [0.05, 0.1) is 23.1 Å². The van der Waals surface area contributed by atoms with Crippen molar-refractivity contribution in [3.05, 3.63) is 72.3 Å². The Morgan fingerprint density at radius 2 is 1.16 bits per heavy atom. The fraction of sp³-hybridized carbons (Fsp3) is 0.103. The van der Waals surface area contributed by atoms with Gasteiger partial charge in [0, 0.05) is 30.6 Å². The van der Waals surface area contributed by atoms with E-state index in [9.17, 15) is 26.3 Å². The minimum atomic E-state index is -4.82. The third-order valence-electron chi connectivity index (χ3n) is 6.55. The zero-order valence-electron chi connectivity index (χ0n) is 22.2. The van der Waals surface area contributed by atoms with Crippen LogP contribution in [0.3, 0.4) is 0 Å². The molecule has 15 heteroatoms. The van der Waals surface area contributed by atoms with Crippen LogP contribution in [-0.4, -0.2) is 21.5 Å². The number of aryl methyl sites for hydroxylation is 1. The second-order valence-electron chi connectivity index (χ2n) is 9.47. The first kappa shape index (κ1) is 29.7. The summed E-state index contributed by atoms with van der Waals surface area (Å²) in [5, 5.41) is 0. The van der Waals surface area contributed by atoms with Crippen LogP contribution in [0.5, 0.6) is 11.5 Å². The third-order valence-corrected chi connectivity index (χ3v) is 9.38. The van der Waals surface area contributed by atoms with Gasteiger partial charge in [-0.2, -0.15) is 8.75 Å². The molecule has 6 nitrogen and oxygen atoms in total. The van der Waals surface area contributed by atoms with E-state index in [0.29, 0.717) is 58.4 Å². The van der Waals surface area contributed by atoms with Crippen molar-refractivity contribution >= 4 is 56.8 Å². The smallest absolute Gasteiger partial charge is 0.406 e. The Bertz CT molecular complexity index is 2010. The van der Waals surface area contributed by atoms with Crippen LogP contribution < -0.4 is 20.9 Å². The van der Waals surface area contributed by atoms with Crippen LogP contribution in [0, 0.1) is 6.92 Å². The monoisotopic (exact) mass is 664 g/mol. The minimum absolute atomic E-state index is 0.244. The van der Waals surface area contributed by atoms with Crippen LogP contribution in [0.25, 0.3) is 52.8 Å². The Kier molecular flexibility index (Phi) is 7.42. The van der Waals surface area contributed by atoms with Gasteiger partial charge in [-0.3, -0.25) is 0 Å². The molecule has 6 rings (SSSR count). The molecule has 0 aliphatic carbocycles. The normalized spacial score (nSPS) is 12.2. The van der Waals surface area contributed by atoms with E-state index >= 15 is 0 Å². The molecule has 3 aromatic carbocycles. The summed E-state index contributed by atoms with van der Waals surface area (Å²) < 4.78 is 94.1. The van der Waals surface area contributed by atoms with E-state index in [1.54, 1.807) is 42.5 Å². The lowest BCUT2D eigenvalue weighted by molar-refractivity contribution is -0.275. The second-order valence-corrected chi connectivity index (χ2v) is 12.2. The predicted molar refractivity (Wildman–Crippen MR) is 162 cm³/mol. The SMILES string of the molecule is Cc1ccc(-c2ccc(-c3c(N)c(N)c(-c4ccc(-c5cccc(OC(F)(F)F)c5)s4)c4nsnc34)s2)cc1OC(F)(F)F. The molecule has 3 aromatic heterocycles. The Labute approximate surface area is 257 Å². The topological polar surface area (TPSA) is 96.3 Å². The Balaban J connectivity index is 1.38. The average molecular weight is 665 g/mol. The second kappa shape index (κ2) is 11.0. The lowest BCUT2D eigenvalue weighted by Crippen LogP contribution is -2.17. The van der Waals surface area contributed by atoms with Gasteiger partial charge in [-0.1, -0.05) is 24.3 Å². The van der Waals surface area contributed by atoms with E-state index < -0.39 is 12.7 Å². The molecule has 0 aliphatic heterocycles. The fourth-order valence-corrected chi connectivity index (χ4v) is 7.31. The van der Waals surface area contributed by atoms with Crippen LogP contribution in [0.4, 0.5) is 37.7 Å². The molecule has 0 amide bonds. The zero-order valence-corrected chi connectivity index (χ0v) is 24.7. The van der Waals surface area contributed by atoms with Gasteiger partial charge in [-0.15, -0.1) is 49.0 Å². The number of nitrogen functional groups attached to an aromatic ring is 2. The summed E-state index contributed by atoms with van der Waals surface area (Å²) in [4.78, 5) is 2.70. The molecule has 226 valence electrons. The Morgan fingerprint density at radius 3 is 1.70 bits per heavy atom. The number of alkyl halides is 6. The van der Waals surface area contributed by atoms with E-state index in [1.165, 1.54) is 53.9 Å². The fourth-order valence-electron chi connectivity index (χ4n) is 4.63. The number of thiophene rings is 2. The molecule has 0 unspecified atom stereocenters. The Morgan fingerprint density at radius 1 is 0.636 bits per heavy atom. The summed E-state index contributed by atoms with van der Waals surface area (Å²) in [6.45, 7) is 1.53. The minimum Gasteiger partial charge on any atom is -0.406 e. The van der Waals surface area contributed by atoms with E-state index in [-0.39, 0.29) is 22.9 Å². The molecule has 0 spiro atoms. The number of nitrogens with zero attached hydrogens (tertiary/aromatic N) is 2. The maximum atomic E-state index is 12.9. The van der Waals surface area contributed by atoms with Gasteiger partial charge in [-0.25, -0.2) is 0 Å². The number of rotatable bonds is 6. The zero-order chi connectivity index (χ0) is 31.4. The molecule has 0 fully saturated rings. The first-order chi connectivity index (χ1) is 20.8. The number of fused-ring (bicyclic) bond motifs is 1. The molecule has 0 saturated carbocycles. The van der Waals surface area contributed by atoms with Crippen LogP contribution in [0.15, 0.2) is 66.7 Å². The number of nitrogens with two attached hydrogens (primary N) is 2. The first-order valence-electron chi connectivity index (χ1n) is 12.5. The highest BCUT2D eigenvalue weighted by atomic mass is 32.1. The van der Waals surface area contributed by atoms with Crippen molar-refractivity contribution in [2.24, 2.45) is 0 Å². The summed E-state index contributed by atoms with van der Waals surface area (Å²) >= 11 is 3.55. The third kappa shape index (κ3) is 5.89. The molecule has 0 atom stereocenters. The standard InChI is InChI=1S/C29H18F6N4O2S3/c1-13-5-6-15(12-17(13)41-29(33,34)35)19-8-10-21(43-19)23-25(37)24(36)22(26-27(23)39-44-38-26)20-9-7-18(42-20)14-3-2-4-16(11-14)40-28(30,31)32/h2-12H,36-37H2,1H3. The number of benzene rings is 3. The molecule has 0 saturated heterocycles. The van der Waals surface area contributed by atoms with Crippen LogP contribution in [0.1, 0.15) is 5.56 Å². The average Bonchev–Trinajstić information content (AvgIpc) is 3.71. The molecular formula is C29H18F6N4O2S3. The number of hydrogen-bond acceptors (Lipinski definition) is 9. The largest absolute Gasteiger partial charge is 0.573 e. The highest BCUT2D eigenvalue weighted by Crippen LogP contribution is 2.49. The van der Waals surface area contributed by atoms with Gasteiger partial charge in [0.25, 0.3) is 0 Å². The van der Waals surface area contributed by atoms with Crippen molar-refractivity contribution in [1.29, 1.82) is 0 Å². The number of anilines is 2. The van der Waals surface area contributed by atoms with E-state index in [0.717, 1.165) is 11.7 Å². The number of halogens is 6. The van der Waals surface area contributed by atoms with Crippen molar-refractivity contribution in [3.63, 3.8) is 0 Å². The molecule has 0 aliphatic rings. The first-order valence-corrected chi connectivity index (χ1v) is 14.9. The molecule has 4 N–H and O–H groups in total. The highest BCUT2D eigenvalue weighted by Gasteiger charge is 2.32. The van der Waals surface area contributed by atoms with E-state index in [4.69, 9.17) is 11.5 Å². The van der Waals surface area contributed by atoms with Gasteiger partial charge in [0.1, 0.15) is 22.5 Å². The van der Waals surface area contributed by atoms with Crippen molar-refractivity contribution in [3.8, 4) is 53.3 Å². The van der Waals surface area contributed by atoms with Gasteiger partial charge in [0.15, 0.2) is 0 Å². The van der Waals surface area contributed by atoms with Gasteiger partial charge >= 0.3 is 12.7 Å². The van der Waals surface area contributed by atoms with Crippen molar-refractivity contribution in [1.82, 2.24) is 8.75 Å². The van der Waals surface area contributed by atoms with Crippen LogP contribution in [0.2, 0.25) is 0 Å². The van der Waals surface area contributed by atoms with Gasteiger partial charge in [0.2, 0.25) is 0 Å². The summed E-state index contributed by atoms with van der Waals surface area (Å²) in [7, 11) is 0. The van der Waals surface area contributed by atoms with Crippen molar-refractivity contribution in [2.45, 2.75) is 19.6 Å². The number of ether oxygens (including phenoxy) is 2. The number of aromatic nitrogens is 2. The Hall–Kier alpha value is -4.34. The summed E-state index contributed by atoms with van der Waals surface area (Å²) in [5.74, 6) is -0.631. The molecule has 0 bridgehead atoms. The summed E-state index contributed by atoms with van der Waals surface area (Å²) in [5.41, 5.74) is 17.1. The van der Waals surface area contributed by atoms with E-state index in [2.05, 4.69) is 18.2 Å². The maximum Gasteiger partial charge on any atom is 0.573 e. The quantitative estimate of drug-likeness (QED) is 0.136. The maximum absolute atomic E-state index is 12.9. The van der Waals surface area contributed by atoms with Crippen molar-refractivity contribution < 1.29 is 35.8 Å². The van der Waals surface area contributed by atoms with Crippen LogP contribution in [-0.2, 0) is 0 Å². The lowest BCUT2D eigenvalue weighted by Gasteiger charge is -2.13. The number of hydrogen-bond donors (Lipinski definition) is 2. The predicted octanol–water partition coefficient (Wildman–Crippen LogP) is 9.75. The molecule has 0 radical (unpaired) electrons. The molecule has 44 heavy (non-hydrogen) atoms. The van der Waals surface area contributed by atoms with Crippen LogP contribution >= 0.6 is 34.4 Å². The van der Waals surface area contributed by atoms with Crippen molar-refractivity contribution in [2.75, 3.05) is 11.5 Å². The molecule has 3 heterocycles. The summed E-state index contributed by atoms with van der Waals surface area (Å²) in [6.07, 6.45) is -9.64. The summed E-state index contributed by atoms with van der Waals surface area (Å²) in [6, 6.07) is 17.3. The van der Waals surface area contributed by atoms with E-state index in [1.807, 2.05) is 0 Å². The molecule has 6 aromatic rings. The molecular weight excluding hydrogens is 647 g/mol. The van der Waals surface area contributed by atoms with Gasteiger partial charge in [-0.05, 0) is 66.1 Å². The lowest BCUT2D eigenvalue weighted by atomic mass is 10.0. The van der Waals surface area contributed by atoms with Gasteiger partial charge < -0.3 is 20.9 Å².